The second-order valence-corrected chi connectivity index (χ2v) is 8.56. The third-order valence-electron chi connectivity index (χ3n) is 5.78. The van der Waals surface area contributed by atoms with E-state index in [4.69, 9.17) is 0 Å². The van der Waals surface area contributed by atoms with Crippen LogP contribution in [0.2, 0.25) is 0 Å². The molecule has 30 heavy (non-hydrogen) atoms. The molecule has 1 aromatic carbocycles. The molecule has 166 valence electrons. The smallest absolute Gasteiger partial charge is 0.159 e. The van der Waals surface area contributed by atoms with Gasteiger partial charge in [-0.05, 0) is 49.1 Å². The van der Waals surface area contributed by atoms with Crippen molar-refractivity contribution in [2.45, 2.75) is 104 Å². The van der Waals surface area contributed by atoms with Gasteiger partial charge in [-0.25, -0.2) is 9.97 Å². The first kappa shape index (κ1) is 24.4. The number of unbranched alkanes of at least 4 members (excludes halogenated alkanes) is 11. The molecule has 3 heteroatoms. The number of hydrogen-bond acceptors (Lipinski definition) is 3. The Labute approximate surface area is 185 Å². The summed E-state index contributed by atoms with van der Waals surface area (Å²) in [5.41, 5.74) is 3.52. The Hall–Kier alpha value is -1.90. The molecule has 0 bridgehead atoms. The number of rotatable bonds is 17. The zero-order valence-electron chi connectivity index (χ0n) is 19.5. The van der Waals surface area contributed by atoms with Gasteiger partial charge in [0.2, 0.25) is 0 Å². The lowest BCUT2D eigenvalue weighted by molar-refractivity contribution is 0.596. The van der Waals surface area contributed by atoms with Gasteiger partial charge in [0, 0.05) is 30.2 Å². The Morgan fingerprint density at radius 2 is 1.17 bits per heavy atom. The normalized spacial score (nSPS) is 11.0. The van der Waals surface area contributed by atoms with E-state index >= 15 is 0 Å². The molecule has 0 saturated heterocycles. The van der Waals surface area contributed by atoms with Gasteiger partial charge in [0.15, 0.2) is 5.82 Å². The largest absolute Gasteiger partial charge is 0.385 e. The SMILES string of the molecule is CCCCCCCCCNc1ccc(-c2ncc(CCCCCCCC)cn2)cc1. The summed E-state index contributed by atoms with van der Waals surface area (Å²) in [4.78, 5) is 9.18. The quantitative estimate of drug-likeness (QED) is 0.267. The van der Waals surface area contributed by atoms with Gasteiger partial charge in [-0.3, -0.25) is 0 Å². The Morgan fingerprint density at radius 1 is 0.633 bits per heavy atom. The number of anilines is 1. The molecule has 3 nitrogen and oxygen atoms in total. The lowest BCUT2D eigenvalue weighted by Crippen LogP contribution is -2.01. The van der Waals surface area contributed by atoms with Crippen molar-refractivity contribution in [3.05, 3.63) is 42.2 Å². The first-order valence-electron chi connectivity index (χ1n) is 12.5. The fourth-order valence-electron chi connectivity index (χ4n) is 3.79. The molecule has 1 N–H and O–H groups in total. The topological polar surface area (TPSA) is 37.8 Å². The van der Waals surface area contributed by atoms with Crippen molar-refractivity contribution < 1.29 is 0 Å². The van der Waals surface area contributed by atoms with E-state index < -0.39 is 0 Å². The van der Waals surface area contributed by atoms with Gasteiger partial charge in [-0.2, -0.15) is 0 Å². The van der Waals surface area contributed by atoms with Gasteiger partial charge >= 0.3 is 0 Å². The molecule has 0 unspecified atom stereocenters. The zero-order chi connectivity index (χ0) is 21.3. The lowest BCUT2D eigenvalue weighted by Gasteiger charge is -2.08. The molecule has 0 saturated carbocycles. The van der Waals surface area contributed by atoms with E-state index in [1.807, 2.05) is 12.4 Å². The number of nitrogens with zero attached hydrogens (tertiary/aromatic N) is 2. The molecule has 1 heterocycles. The number of benzene rings is 1. The second kappa shape index (κ2) is 15.9. The maximum atomic E-state index is 4.59. The van der Waals surface area contributed by atoms with E-state index in [0.717, 1.165) is 24.4 Å². The predicted molar refractivity (Wildman–Crippen MR) is 131 cm³/mol. The highest BCUT2D eigenvalue weighted by atomic mass is 14.9. The minimum Gasteiger partial charge on any atom is -0.385 e. The monoisotopic (exact) mass is 409 g/mol. The molecule has 2 rings (SSSR count). The molecule has 0 aliphatic rings. The molecule has 0 spiro atoms. The van der Waals surface area contributed by atoms with Gasteiger partial charge in [-0.15, -0.1) is 0 Å². The molecule has 2 aromatic rings. The molecular weight excluding hydrogens is 366 g/mol. The summed E-state index contributed by atoms with van der Waals surface area (Å²) in [6, 6.07) is 8.53. The summed E-state index contributed by atoms with van der Waals surface area (Å²) in [5.74, 6) is 0.820. The van der Waals surface area contributed by atoms with Crippen LogP contribution in [0.1, 0.15) is 103 Å². The zero-order valence-corrected chi connectivity index (χ0v) is 19.5. The number of nitrogens with one attached hydrogen (secondary N) is 1. The van der Waals surface area contributed by atoms with E-state index in [-0.39, 0.29) is 0 Å². The minimum absolute atomic E-state index is 0.820. The van der Waals surface area contributed by atoms with Gasteiger partial charge in [0.25, 0.3) is 0 Å². The van der Waals surface area contributed by atoms with E-state index in [1.165, 1.54) is 94.7 Å². The number of aryl methyl sites for hydroxylation is 1. The fraction of sp³-hybridized carbons (Fsp3) is 0.630. The summed E-state index contributed by atoms with van der Waals surface area (Å²) in [6.45, 7) is 5.59. The van der Waals surface area contributed by atoms with Crippen LogP contribution in [-0.4, -0.2) is 16.5 Å². The van der Waals surface area contributed by atoms with E-state index in [9.17, 15) is 0 Å². The van der Waals surface area contributed by atoms with Crippen molar-refractivity contribution in [2.24, 2.45) is 0 Å². The van der Waals surface area contributed by atoms with Gasteiger partial charge in [0.05, 0.1) is 0 Å². The Balaban J connectivity index is 1.65. The van der Waals surface area contributed by atoms with Crippen LogP contribution in [-0.2, 0) is 6.42 Å². The Bertz CT molecular complexity index is 649. The van der Waals surface area contributed by atoms with E-state index in [0.29, 0.717) is 0 Å². The van der Waals surface area contributed by atoms with Crippen LogP contribution < -0.4 is 5.32 Å². The maximum Gasteiger partial charge on any atom is 0.159 e. The molecule has 1 aromatic heterocycles. The Morgan fingerprint density at radius 3 is 1.77 bits per heavy atom. The molecule has 0 aliphatic heterocycles. The number of aromatic nitrogens is 2. The van der Waals surface area contributed by atoms with Gasteiger partial charge in [0.1, 0.15) is 0 Å². The number of hydrogen-bond donors (Lipinski definition) is 1. The summed E-state index contributed by atoms with van der Waals surface area (Å²) >= 11 is 0. The molecule has 0 atom stereocenters. The van der Waals surface area contributed by atoms with Crippen molar-refractivity contribution in [1.82, 2.24) is 9.97 Å². The summed E-state index contributed by atoms with van der Waals surface area (Å²) in [5, 5.41) is 3.54. The van der Waals surface area contributed by atoms with Crippen LogP contribution in [0.4, 0.5) is 5.69 Å². The van der Waals surface area contributed by atoms with E-state index in [2.05, 4.69) is 53.4 Å². The van der Waals surface area contributed by atoms with Crippen LogP contribution in [0.5, 0.6) is 0 Å². The maximum absolute atomic E-state index is 4.59. The Kier molecular flexibility index (Phi) is 12.9. The van der Waals surface area contributed by atoms with Crippen LogP contribution in [0.25, 0.3) is 11.4 Å². The standard InChI is InChI=1S/C27H43N3/c1-3-5-7-9-11-13-15-21-28-26-19-17-25(18-20-26)27-29-22-24(23-30-27)16-14-12-10-8-6-4-2/h17-20,22-23,28H,3-16,21H2,1-2H3. The lowest BCUT2D eigenvalue weighted by atomic mass is 10.1. The van der Waals surface area contributed by atoms with Crippen molar-refractivity contribution in [3.8, 4) is 11.4 Å². The molecular formula is C27H43N3. The van der Waals surface area contributed by atoms with Crippen LogP contribution in [0.3, 0.4) is 0 Å². The molecule has 0 fully saturated rings. The highest BCUT2D eigenvalue weighted by molar-refractivity contribution is 5.59. The third-order valence-corrected chi connectivity index (χ3v) is 5.78. The predicted octanol–water partition coefficient (Wildman–Crippen LogP) is 8.21. The first-order valence-corrected chi connectivity index (χ1v) is 12.5. The van der Waals surface area contributed by atoms with Gasteiger partial charge in [-0.1, -0.05) is 84.5 Å². The first-order chi connectivity index (χ1) is 14.8. The van der Waals surface area contributed by atoms with Crippen LogP contribution in [0.15, 0.2) is 36.7 Å². The van der Waals surface area contributed by atoms with Crippen molar-refractivity contribution in [2.75, 3.05) is 11.9 Å². The van der Waals surface area contributed by atoms with Crippen LogP contribution >= 0.6 is 0 Å². The average molecular weight is 410 g/mol. The van der Waals surface area contributed by atoms with Gasteiger partial charge < -0.3 is 5.32 Å². The fourth-order valence-corrected chi connectivity index (χ4v) is 3.79. The van der Waals surface area contributed by atoms with E-state index in [1.54, 1.807) is 0 Å². The highest BCUT2D eigenvalue weighted by Gasteiger charge is 2.02. The molecule has 0 amide bonds. The summed E-state index contributed by atoms with van der Waals surface area (Å²) < 4.78 is 0. The van der Waals surface area contributed by atoms with Crippen molar-refractivity contribution in [3.63, 3.8) is 0 Å². The second-order valence-electron chi connectivity index (χ2n) is 8.56. The minimum atomic E-state index is 0.820. The molecule has 0 aliphatic carbocycles. The summed E-state index contributed by atoms with van der Waals surface area (Å²) in [7, 11) is 0. The summed E-state index contributed by atoms with van der Waals surface area (Å²) in [6.07, 6.45) is 22.5. The average Bonchev–Trinajstić information content (AvgIpc) is 2.79. The molecule has 0 radical (unpaired) electrons. The van der Waals surface area contributed by atoms with Crippen molar-refractivity contribution >= 4 is 5.69 Å². The third kappa shape index (κ3) is 10.2. The van der Waals surface area contributed by atoms with Crippen molar-refractivity contribution in [1.29, 1.82) is 0 Å². The van der Waals surface area contributed by atoms with Crippen LogP contribution in [0, 0.1) is 0 Å². The highest BCUT2D eigenvalue weighted by Crippen LogP contribution is 2.18.